The highest BCUT2D eigenvalue weighted by Gasteiger charge is 2.30. The van der Waals surface area contributed by atoms with Crippen LogP contribution in [0.2, 0.25) is 0 Å². The van der Waals surface area contributed by atoms with Crippen LogP contribution in [0.1, 0.15) is 39.6 Å². The molecule has 2 N–H and O–H groups in total. The molecule has 2 amide bonds. The van der Waals surface area contributed by atoms with Gasteiger partial charge in [0.25, 0.3) is 11.8 Å². The number of halogens is 3. The second-order valence-electron chi connectivity index (χ2n) is 5.25. The Hall–Kier alpha value is -2.90. The summed E-state index contributed by atoms with van der Waals surface area (Å²) in [6.45, 7) is 2.39. The third-order valence-electron chi connectivity index (χ3n) is 3.25. The number of carbonyl (C=O) groups excluding carboxylic acids is 2. The number of anilines is 1. The summed E-state index contributed by atoms with van der Waals surface area (Å²) >= 11 is 0. The number of hydrogen-bond acceptors (Lipinski definition) is 3. The Bertz CT molecular complexity index is 776. The van der Waals surface area contributed by atoms with Gasteiger partial charge < -0.3 is 10.6 Å². The predicted octanol–water partition coefficient (Wildman–Crippen LogP) is 3.49. The van der Waals surface area contributed by atoms with Gasteiger partial charge in [-0.15, -0.1) is 0 Å². The van der Waals surface area contributed by atoms with Crippen molar-refractivity contribution < 1.29 is 22.8 Å². The van der Waals surface area contributed by atoms with Crippen molar-refractivity contribution in [1.82, 2.24) is 10.3 Å². The van der Waals surface area contributed by atoms with Crippen LogP contribution in [0.3, 0.4) is 0 Å². The Morgan fingerprint density at radius 2 is 1.76 bits per heavy atom. The van der Waals surface area contributed by atoms with E-state index in [1.54, 1.807) is 0 Å². The fourth-order valence-electron chi connectivity index (χ4n) is 2.01. The number of alkyl halides is 3. The first-order valence-corrected chi connectivity index (χ1v) is 7.53. The van der Waals surface area contributed by atoms with Crippen molar-refractivity contribution in [3.8, 4) is 0 Å². The lowest BCUT2D eigenvalue weighted by Gasteiger charge is -2.10. The van der Waals surface area contributed by atoms with E-state index in [1.807, 2.05) is 6.92 Å². The van der Waals surface area contributed by atoms with Crippen LogP contribution in [-0.4, -0.2) is 23.3 Å². The van der Waals surface area contributed by atoms with Crippen LogP contribution in [0, 0.1) is 0 Å². The lowest BCUT2D eigenvalue weighted by atomic mass is 10.1. The molecule has 0 fully saturated rings. The smallest absolute Gasteiger partial charge is 0.352 e. The summed E-state index contributed by atoms with van der Waals surface area (Å²) < 4.78 is 38.1. The standard InChI is InChI=1S/C17H16F3N3O2/c1-2-6-22-15(24)11-7-12(10-21-9-11)16(25)23-14-5-3-4-13(8-14)17(18,19)20/h3-5,7-10H,2,6H2,1H3,(H,22,24)(H,23,25). The van der Waals surface area contributed by atoms with Crippen molar-refractivity contribution in [2.45, 2.75) is 19.5 Å². The number of amides is 2. The maximum atomic E-state index is 12.7. The number of rotatable bonds is 5. The summed E-state index contributed by atoms with van der Waals surface area (Å²) in [7, 11) is 0. The minimum Gasteiger partial charge on any atom is -0.352 e. The molecular weight excluding hydrogens is 335 g/mol. The fourth-order valence-corrected chi connectivity index (χ4v) is 2.01. The van der Waals surface area contributed by atoms with Gasteiger partial charge in [-0.2, -0.15) is 13.2 Å². The van der Waals surface area contributed by atoms with Gasteiger partial charge in [0.05, 0.1) is 16.7 Å². The number of pyridine rings is 1. The number of benzene rings is 1. The van der Waals surface area contributed by atoms with Crippen LogP contribution < -0.4 is 10.6 Å². The number of hydrogen-bond donors (Lipinski definition) is 2. The van der Waals surface area contributed by atoms with Gasteiger partial charge >= 0.3 is 6.18 Å². The average molecular weight is 351 g/mol. The van der Waals surface area contributed by atoms with Crippen molar-refractivity contribution in [2.75, 3.05) is 11.9 Å². The molecule has 1 aromatic carbocycles. The summed E-state index contributed by atoms with van der Waals surface area (Å²) in [6.07, 6.45) is -1.19. The summed E-state index contributed by atoms with van der Waals surface area (Å²) in [5.74, 6) is -1.03. The van der Waals surface area contributed by atoms with E-state index in [1.165, 1.54) is 30.6 Å². The topological polar surface area (TPSA) is 71.1 Å². The quantitative estimate of drug-likeness (QED) is 0.866. The average Bonchev–Trinajstić information content (AvgIpc) is 2.59. The molecule has 132 valence electrons. The number of carbonyl (C=O) groups is 2. The van der Waals surface area contributed by atoms with E-state index < -0.39 is 17.6 Å². The van der Waals surface area contributed by atoms with Crippen LogP contribution in [0.5, 0.6) is 0 Å². The highest BCUT2D eigenvalue weighted by Crippen LogP contribution is 2.30. The van der Waals surface area contributed by atoms with Crippen molar-refractivity contribution in [3.05, 3.63) is 59.4 Å². The highest BCUT2D eigenvalue weighted by atomic mass is 19.4. The summed E-state index contributed by atoms with van der Waals surface area (Å²) in [5, 5.41) is 5.02. The van der Waals surface area contributed by atoms with Crippen LogP contribution >= 0.6 is 0 Å². The minimum atomic E-state index is -4.50. The van der Waals surface area contributed by atoms with Gasteiger partial charge in [-0.25, -0.2) is 0 Å². The van der Waals surface area contributed by atoms with Crippen molar-refractivity contribution in [2.24, 2.45) is 0 Å². The zero-order chi connectivity index (χ0) is 18.4. The molecule has 0 bridgehead atoms. The zero-order valence-electron chi connectivity index (χ0n) is 13.4. The van der Waals surface area contributed by atoms with Gasteiger partial charge in [0, 0.05) is 24.6 Å². The number of nitrogens with one attached hydrogen (secondary N) is 2. The lowest BCUT2D eigenvalue weighted by molar-refractivity contribution is -0.137. The first-order valence-electron chi connectivity index (χ1n) is 7.53. The molecule has 1 heterocycles. The maximum Gasteiger partial charge on any atom is 0.416 e. The molecule has 0 aliphatic heterocycles. The largest absolute Gasteiger partial charge is 0.416 e. The van der Waals surface area contributed by atoms with E-state index in [0.29, 0.717) is 6.54 Å². The van der Waals surface area contributed by atoms with Crippen molar-refractivity contribution in [1.29, 1.82) is 0 Å². The molecule has 0 atom stereocenters. The molecule has 1 aromatic heterocycles. The third-order valence-corrected chi connectivity index (χ3v) is 3.25. The molecule has 0 radical (unpaired) electrons. The minimum absolute atomic E-state index is 0.000613. The normalized spacial score (nSPS) is 11.0. The summed E-state index contributed by atoms with van der Waals surface area (Å²) in [6, 6.07) is 5.63. The molecule has 2 rings (SSSR count). The molecule has 8 heteroatoms. The van der Waals surface area contributed by atoms with Gasteiger partial charge in [-0.3, -0.25) is 14.6 Å². The van der Waals surface area contributed by atoms with Crippen LogP contribution in [-0.2, 0) is 6.18 Å². The van der Waals surface area contributed by atoms with E-state index >= 15 is 0 Å². The number of aromatic nitrogens is 1. The molecule has 0 spiro atoms. The van der Waals surface area contributed by atoms with E-state index in [9.17, 15) is 22.8 Å². The summed E-state index contributed by atoms with van der Waals surface area (Å²) in [4.78, 5) is 27.9. The van der Waals surface area contributed by atoms with Crippen molar-refractivity contribution in [3.63, 3.8) is 0 Å². The molecule has 0 aliphatic carbocycles. The van der Waals surface area contributed by atoms with Gasteiger partial charge in [0.1, 0.15) is 0 Å². The molecule has 0 aliphatic rings. The van der Waals surface area contributed by atoms with Gasteiger partial charge in [0.2, 0.25) is 0 Å². The molecule has 2 aromatic rings. The molecule has 0 saturated carbocycles. The Balaban J connectivity index is 2.15. The number of nitrogens with zero attached hydrogens (tertiary/aromatic N) is 1. The SMILES string of the molecule is CCCNC(=O)c1cncc(C(=O)Nc2cccc(C(F)(F)F)c2)c1. The van der Waals surface area contributed by atoms with Crippen LogP contribution in [0.15, 0.2) is 42.7 Å². The molecule has 25 heavy (non-hydrogen) atoms. The first-order chi connectivity index (χ1) is 11.8. The highest BCUT2D eigenvalue weighted by molar-refractivity contribution is 6.05. The zero-order valence-corrected chi connectivity index (χ0v) is 13.4. The Morgan fingerprint density at radius 1 is 1.08 bits per heavy atom. The monoisotopic (exact) mass is 351 g/mol. The van der Waals surface area contributed by atoms with E-state index in [2.05, 4.69) is 15.6 Å². The fraction of sp³-hybridized carbons (Fsp3) is 0.235. The van der Waals surface area contributed by atoms with E-state index in [4.69, 9.17) is 0 Å². The van der Waals surface area contributed by atoms with Gasteiger partial charge in [-0.05, 0) is 30.7 Å². The molecule has 5 nitrogen and oxygen atoms in total. The Labute approximate surface area is 142 Å². The third kappa shape index (κ3) is 5.03. The van der Waals surface area contributed by atoms with E-state index in [-0.39, 0.29) is 22.7 Å². The first kappa shape index (κ1) is 18.4. The second kappa shape index (κ2) is 7.78. The van der Waals surface area contributed by atoms with Crippen LogP contribution in [0.25, 0.3) is 0 Å². The maximum absolute atomic E-state index is 12.7. The Kier molecular flexibility index (Phi) is 5.74. The Morgan fingerprint density at radius 3 is 2.40 bits per heavy atom. The summed E-state index contributed by atoms with van der Waals surface area (Å²) in [5.41, 5.74) is -0.594. The molecule has 0 saturated heterocycles. The van der Waals surface area contributed by atoms with Crippen molar-refractivity contribution >= 4 is 17.5 Å². The van der Waals surface area contributed by atoms with E-state index in [0.717, 1.165) is 18.6 Å². The predicted molar refractivity (Wildman–Crippen MR) is 86.3 cm³/mol. The lowest BCUT2D eigenvalue weighted by Crippen LogP contribution is -2.24. The van der Waals surface area contributed by atoms with Gasteiger partial charge in [-0.1, -0.05) is 13.0 Å². The van der Waals surface area contributed by atoms with Gasteiger partial charge in [0.15, 0.2) is 0 Å². The molecule has 0 unspecified atom stereocenters. The second-order valence-corrected chi connectivity index (χ2v) is 5.25. The molecular formula is C17H16F3N3O2. The van der Waals surface area contributed by atoms with Crippen LogP contribution in [0.4, 0.5) is 18.9 Å².